The van der Waals surface area contributed by atoms with E-state index in [0.717, 1.165) is 5.56 Å². The first kappa shape index (κ1) is 14.5. The number of nitrogens with one attached hydrogen (secondary N) is 1. The van der Waals surface area contributed by atoms with Crippen LogP contribution in [0.15, 0.2) is 36.7 Å². The van der Waals surface area contributed by atoms with Crippen molar-refractivity contribution in [2.75, 3.05) is 4.72 Å². The second kappa shape index (κ2) is 6.06. The van der Waals surface area contributed by atoms with Gasteiger partial charge in [-0.05, 0) is 18.1 Å². The number of anilines is 1. The highest BCUT2D eigenvalue weighted by atomic mass is 32.2. The molecule has 1 heterocycles. The Hall–Kier alpha value is -1.86. The molecular weight excluding hydrogens is 276 g/mol. The summed E-state index contributed by atoms with van der Waals surface area (Å²) >= 11 is 0. The van der Waals surface area contributed by atoms with Gasteiger partial charge in [0, 0.05) is 19.3 Å². The van der Waals surface area contributed by atoms with Gasteiger partial charge in [-0.3, -0.25) is 9.40 Å². The molecule has 0 radical (unpaired) electrons. The van der Waals surface area contributed by atoms with E-state index in [-0.39, 0.29) is 5.75 Å². The summed E-state index contributed by atoms with van der Waals surface area (Å²) in [5.74, 6) is -0.0852. The lowest BCUT2D eigenvalue weighted by Gasteiger charge is -2.07. The molecule has 0 amide bonds. The standard InChI is InChI=1S/C13H18N4O2S/c1-2-17-9-13(8-15-17)16-20(18,19)10-12-5-3-4-11(6-12)7-14/h3-6,8-9,16H,2,7,10,14H2,1H3. The van der Waals surface area contributed by atoms with Crippen molar-refractivity contribution in [3.63, 3.8) is 0 Å². The lowest BCUT2D eigenvalue weighted by Crippen LogP contribution is -2.15. The first-order chi connectivity index (χ1) is 9.52. The number of nitrogens with two attached hydrogens (primary N) is 1. The van der Waals surface area contributed by atoms with E-state index < -0.39 is 10.0 Å². The van der Waals surface area contributed by atoms with Crippen LogP contribution in [0.25, 0.3) is 0 Å². The predicted molar refractivity (Wildman–Crippen MR) is 78.5 cm³/mol. The molecule has 0 fully saturated rings. The smallest absolute Gasteiger partial charge is 0.237 e. The second-order valence-corrected chi connectivity index (χ2v) is 6.19. The fourth-order valence-corrected chi connectivity index (χ4v) is 3.03. The Balaban J connectivity index is 2.10. The number of rotatable bonds is 6. The molecule has 0 saturated carbocycles. The summed E-state index contributed by atoms with van der Waals surface area (Å²) < 4.78 is 28.4. The minimum Gasteiger partial charge on any atom is -0.326 e. The summed E-state index contributed by atoms with van der Waals surface area (Å²) in [5, 5.41) is 4.03. The van der Waals surface area contributed by atoms with Crippen molar-refractivity contribution in [3.05, 3.63) is 47.8 Å². The third-order valence-electron chi connectivity index (χ3n) is 2.81. The molecule has 0 aliphatic heterocycles. The van der Waals surface area contributed by atoms with Crippen LogP contribution < -0.4 is 10.5 Å². The van der Waals surface area contributed by atoms with E-state index in [1.165, 1.54) is 6.20 Å². The van der Waals surface area contributed by atoms with Gasteiger partial charge in [-0.25, -0.2) is 8.42 Å². The van der Waals surface area contributed by atoms with Crippen LogP contribution in [-0.2, 0) is 28.9 Å². The minimum absolute atomic E-state index is 0.0852. The van der Waals surface area contributed by atoms with E-state index in [1.54, 1.807) is 23.0 Å². The third-order valence-corrected chi connectivity index (χ3v) is 4.07. The Morgan fingerprint density at radius 2 is 2.10 bits per heavy atom. The number of benzene rings is 1. The quantitative estimate of drug-likeness (QED) is 0.840. The Morgan fingerprint density at radius 3 is 2.75 bits per heavy atom. The van der Waals surface area contributed by atoms with Crippen molar-refractivity contribution in [2.24, 2.45) is 5.73 Å². The van der Waals surface area contributed by atoms with Crippen molar-refractivity contribution >= 4 is 15.7 Å². The van der Waals surface area contributed by atoms with Gasteiger partial charge in [-0.1, -0.05) is 24.3 Å². The van der Waals surface area contributed by atoms with Gasteiger partial charge in [0.15, 0.2) is 0 Å². The summed E-state index contributed by atoms with van der Waals surface area (Å²) in [5.41, 5.74) is 7.65. The molecule has 0 bridgehead atoms. The highest BCUT2D eigenvalue weighted by Gasteiger charge is 2.13. The van der Waals surface area contributed by atoms with Crippen LogP contribution in [0.3, 0.4) is 0 Å². The SMILES string of the molecule is CCn1cc(NS(=O)(=O)Cc2cccc(CN)c2)cn1. The predicted octanol–water partition coefficient (Wildman–Crippen LogP) is 1.30. The molecule has 0 aliphatic rings. The lowest BCUT2D eigenvalue weighted by atomic mass is 10.1. The number of nitrogens with zero attached hydrogens (tertiary/aromatic N) is 2. The van der Waals surface area contributed by atoms with Crippen molar-refractivity contribution in [2.45, 2.75) is 25.8 Å². The van der Waals surface area contributed by atoms with Crippen LogP contribution in [-0.4, -0.2) is 18.2 Å². The molecule has 1 aromatic heterocycles. The molecule has 7 heteroatoms. The summed E-state index contributed by atoms with van der Waals surface area (Å²) in [6.45, 7) is 3.02. The maximum Gasteiger partial charge on any atom is 0.237 e. The molecular formula is C13H18N4O2S. The monoisotopic (exact) mass is 294 g/mol. The third kappa shape index (κ3) is 3.82. The lowest BCUT2D eigenvalue weighted by molar-refractivity contribution is 0.600. The molecule has 0 unspecified atom stereocenters. The van der Waals surface area contributed by atoms with Crippen molar-refractivity contribution in [1.29, 1.82) is 0 Å². The van der Waals surface area contributed by atoms with E-state index in [2.05, 4.69) is 9.82 Å². The van der Waals surface area contributed by atoms with Crippen LogP contribution in [0.5, 0.6) is 0 Å². The van der Waals surface area contributed by atoms with Gasteiger partial charge in [-0.2, -0.15) is 5.10 Å². The van der Waals surface area contributed by atoms with Gasteiger partial charge in [0.05, 0.1) is 17.6 Å². The first-order valence-electron chi connectivity index (χ1n) is 6.33. The second-order valence-electron chi connectivity index (χ2n) is 4.47. The molecule has 0 aliphatic carbocycles. The van der Waals surface area contributed by atoms with Crippen molar-refractivity contribution in [3.8, 4) is 0 Å². The molecule has 108 valence electrons. The highest BCUT2D eigenvalue weighted by Crippen LogP contribution is 2.13. The minimum atomic E-state index is -3.45. The normalized spacial score (nSPS) is 11.5. The Kier molecular flexibility index (Phi) is 4.41. The van der Waals surface area contributed by atoms with Gasteiger partial charge in [0.1, 0.15) is 0 Å². The summed E-state index contributed by atoms with van der Waals surface area (Å²) in [6.07, 6.45) is 3.16. The van der Waals surface area contributed by atoms with Gasteiger partial charge in [-0.15, -0.1) is 0 Å². The maximum absolute atomic E-state index is 12.1. The zero-order valence-corrected chi connectivity index (χ0v) is 12.1. The topological polar surface area (TPSA) is 90.0 Å². The van der Waals surface area contributed by atoms with Crippen molar-refractivity contribution < 1.29 is 8.42 Å². The van der Waals surface area contributed by atoms with Crippen LogP contribution in [0.2, 0.25) is 0 Å². The highest BCUT2D eigenvalue weighted by molar-refractivity contribution is 7.91. The first-order valence-corrected chi connectivity index (χ1v) is 7.98. The average Bonchev–Trinajstić information content (AvgIpc) is 2.85. The molecule has 0 spiro atoms. The van der Waals surface area contributed by atoms with E-state index in [4.69, 9.17) is 5.73 Å². The van der Waals surface area contributed by atoms with Gasteiger partial charge >= 0.3 is 0 Å². The number of sulfonamides is 1. The molecule has 2 aromatic rings. The van der Waals surface area contributed by atoms with Crippen LogP contribution >= 0.6 is 0 Å². The number of aryl methyl sites for hydroxylation is 1. The zero-order chi connectivity index (χ0) is 14.6. The van der Waals surface area contributed by atoms with Crippen LogP contribution in [0, 0.1) is 0 Å². The maximum atomic E-state index is 12.1. The van der Waals surface area contributed by atoms with Gasteiger partial charge in [0.25, 0.3) is 0 Å². The molecule has 0 atom stereocenters. The number of hydrogen-bond donors (Lipinski definition) is 2. The fourth-order valence-electron chi connectivity index (χ4n) is 1.87. The Bertz CT molecular complexity index is 679. The molecule has 2 rings (SSSR count). The average molecular weight is 294 g/mol. The van der Waals surface area contributed by atoms with Crippen LogP contribution in [0.4, 0.5) is 5.69 Å². The molecule has 0 saturated heterocycles. The van der Waals surface area contributed by atoms with E-state index in [1.807, 2.05) is 19.1 Å². The summed E-state index contributed by atoms with van der Waals surface area (Å²) in [4.78, 5) is 0. The summed E-state index contributed by atoms with van der Waals surface area (Å²) in [7, 11) is -3.45. The Labute approximate surface area is 118 Å². The van der Waals surface area contributed by atoms with Crippen molar-refractivity contribution in [1.82, 2.24) is 9.78 Å². The zero-order valence-electron chi connectivity index (χ0n) is 11.3. The van der Waals surface area contributed by atoms with Crippen LogP contribution in [0.1, 0.15) is 18.1 Å². The number of aromatic nitrogens is 2. The van der Waals surface area contributed by atoms with E-state index in [0.29, 0.717) is 24.3 Å². The molecule has 6 nitrogen and oxygen atoms in total. The van der Waals surface area contributed by atoms with Gasteiger partial charge in [0.2, 0.25) is 10.0 Å². The largest absolute Gasteiger partial charge is 0.326 e. The molecule has 3 N–H and O–H groups in total. The van der Waals surface area contributed by atoms with Gasteiger partial charge < -0.3 is 5.73 Å². The van der Waals surface area contributed by atoms with E-state index >= 15 is 0 Å². The molecule has 1 aromatic carbocycles. The van der Waals surface area contributed by atoms with E-state index in [9.17, 15) is 8.42 Å². The Morgan fingerprint density at radius 1 is 1.35 bits per heavy atom. The fraction of sp³-hybridized carbons (Fsp3) is 0.308. The summed E-state index contributed by atoms with van der Waals surface area (Å²) in [6, 6.07) is 7.25. The molecule has 20 heavy (non-hydrogen) atoms. The number of hydrogen-bond acceptors (Lipinski definition) is 4.